The number of carbonyl (C=O) groups excluding carboxylic acids is 2. The van der Waals surface area contributed by atoms with Gasteiger partial charge in [-0.1, -0.05) is 30.3 Å². The lowest BCUT2D eigenvalue weighted by atomic mass is 10.1. The van der Waals surface area contributed by atoms with Crippen molar-refractivity contribution in [2.45, 2.75) is 37.8 Å². The van der Waals surface area contributed by atoms with Crippen LogP contribution in [0.15, 0.2) is 30.3 Å². The van der Waals surface area contributed by atoms with Crippen molar-refractivity contribution in [1.29, 1.82) is 5.26 Å². The molecule has 0 unspecified atom stereocenters. The maximum atomic E-state index is 12.0. The Kier molecular flexibility index (Phi) is 7.65. The molecule has 6 nitrogen and oxygen atoms in total. The van der Waals surface area contributed by atoms with Gasteiger partial charge in [0.25, 0.3) is 5.91 Å². The van der Waals surface area contributed by atoms with Crippen molar-refractivity contribution < 1.29 is 19.4 Å². The molecule has 0 saturated carbocycles. The van der Waals surface area contributed by atoms with Gasteiger partial charge in [0.05, 0.1) is 13.2 Å². The Labute approximate surface area is 129 Å². The van der Waals surface area contributed by atoms with E-state index in [9.17, 15) is 14.7 Å². The minimum atomic E-state index is -1.34. The molecule has 2 N–H and O–H groups in total. The third-order valence-corrected chi connectivity index (χ3v) is 3.20. The highest BCUT2D eigenvalue weighted by Crippen LogP contribution is 2.13. The molecule has 0 radical (unpaired) electrons. The lowest BCUT2D eigenvalue weighted by Gasteiger charge is -2.18. The van der Waals surface area contributed by atoms with Gasteiger partial charge in [0.2, 0.25) is 0 Å². The standard InChI is InChI=1S/C16H20N2O4/c1-22-16(21)13(10-6-3-7-11-17)18-15(20)14(19)12-8-4-2-5-9-12/h2,4-5,8-9,13-14,19H,3,6-7,10H2,1H3,(H,18,20)/t13-,14+/m1/s1. The maximum absolute atomic E-state index is 12.0. The van der Waals surface area contributed by atoms with E-state index in [0.29, 0.717) is 31.2 Å². The number of ether oxygens (including phenoxy) is 1. The molecule has 1 aromatic rings. The van der Waals surface area contributed by atoms with Gasteiger partial charge in [0, 0.05) is 6.42 Å². The molecule has 0 bridgehead atoms. The number of nitrogens with zero attached hydrogens (tertiary/aromatic N) is 1. The first kappa shape index (κ1) is 17.7. The summed E-state index contributed by atoms with van der Waals surface area (Å²) in [6.07, 6.45) is 0.666. The Morgan fingerprint density at radius 3 is 2.59 bits per heavy atom. The molecule has 0 aliphatic heterocycles. The molecule has 2 atom stereocenters. The SMILES string of the molecule is COC(=O)[C@@H](CCCCC#N)NC(=O)[C@@H](O)c1ccccc1. The zero-order valence-electron chi connectivity index (χ0n) is 12.5. The first-order valence-electron chi connectivity index (χ1n) is 7.08. The van der Waals surface area contributed by atoms with Gasteiger partial charge in [-0.05, 0) is 24.8 Å². The summed E-state index contributed by atoms with van der Waals surface area (Å²) >= 11 is 0. The Morgan fingerprint density at radius 1 is 1.32 bits per heavy atom. The third-order valence-electron chi connectivity index (χ3n) is 3.20. The number of esters is 1. The number of hydrogen-bond acceptors (Lipinski definition) is 5. The fourth-order valence-electron chi connectivity index (χ4n) is 1.98. The van der Waals surface area contributed by atoms with E-state index >= 15 is 0 Å². The molecule has 1 rings (SSSR count). The Balaban J connectivity index is 2.62. The molecule has 1 amide bonds. The number of nitriles is 1. The minimum absolute atomic E-state index is 0.363. The van der Waals surface area contributed by atoms with E-state index in [2.05, 4.69) is 10.1 Å². The van der Waals surface area contributed by atoms with Gasteiger partial charge in [-0.15, -0.1) is 0 Å². The summed E-state index contributed by atoms with van der Waals surface area (Å²) in [4.78, 5) is 23.7. The van der Waals surface area contributed by atoms with Crippen LogP contribution in [0.4, 0.5) is 0 Å². The van der Waals surface area contributed by atoms with Crippen molar-refractivity contribution >= 4 is 11.9 Å². The van der Waals surface area contributed by atoms with E-state index in [1.165, 1.54) is 7.11 Å². The fraction of sp³-hybridized carbons (Fsp3) is 0.438. The molecule has 22 heavy (non-hydrogen) atoms. The van der Waals surface area contributed by atoms with E-state index in [1.54, 1.807) is 30.3 Å². The number of rotatable bonds is 8. The number of methoxy groups -OCH3 is 1. The van der Waals surface area contributed by atoms with E-state index in [-0.39, 0.29) is 0 Å². The second-order valence-electron chi connectivity index (χ2n) is 4.80. The van der Waals surface area contributed by atoms with Crippen LogP contribution < -0.4 is 5.32 Å². The Morgan fingerprint density at radius 2 is 2.00 bits per heavy atom. The number of benzene rings is 1. The van der Waals surface area contributed by atoms with Crippen LogP contribution in [0.5, 0.6) is 0 Å². The molecule has 6 heteroatoms. The average molecular weight is 304 g/mol. The van der Waals surface area contributed by atoms with Gasteiger partial charge in [0.15, 0.2) is 6.10 Å². The number of amides is 1. The lowest BCUT2D eigenvalue weighted by molar-refractivity contribution is -0.146. The molecule has 1 aromatic carbocycles. The molecule has 0 fully saturated rings. The van der Waals surface area contributed by atoms with Crippen LogP contribution in [0, 0.1) is 11.3 Å². The van der Waals surface area contributed by atoms with Gasteiger partial charge >= 0.3 is 5.97 Å². The van der Waals surface area contributed by atoms with Crippen LogP contribution in [0.1, 0.15) is 37.4 Å². The average Bonchev–Trinajstić information content (AvgIpc) is 2.56. The Hall–Kier alpha value is -2.39. The molecular weight excluding hydrogens is 284 g/mol. The number of aliphatic hydroxyl groups is 1. The second kappa shape index (κ2) is 9.53. The first-order valence-corrected chi connectivity index (χ1v) is 7.08. The highest BCUT2D eigenvalue weighted by molar-refractivity contribution is 5.87. The molecule has 0 aliphatic carbocycles. The van der Waals surface area contributed by atoms with Crippen molar-refractivity contribution in [1.82, 2.24) is 5.32 Å². The summed E-state index contributed by atoms with van der Waals surface area (Å²) in [6, 6.07) is 9.66. The fourth-order valence-corrected chi connectivity index (χ4v) is 1.98. The van der Waals surface area contributed by atoms with Crippen molar-refractivity contribution in [2.24, 2.45) is 0 Å². The molecule has 0 aliphatic rings. The van der Waals surface area contributed by atoms with Gasteiger partial charge in [-0.25, -0.2) is 4.79 Å². The van der Waals surface area contributed by atoms with Gasteiger partial charge in [0.1, 0.15) is 6.04 Å². The molecule has 0 spiro atoms. The van der Waals surface area contributed by atoms with Crippen LogP contribution in [-0.4, -0.2) is 30.1 Å². The number of hydrogen-bond donors (Lipinski definition) is 2. The van der Waals surface area contributed by atoms with Crippen LogP contribution in [-0.2, 0) is 14.3 Å². The normalized spacial score (nSPS) is 12.8. The van der Waals surface area contributed by atoms with E-state index < -0.39 is 24.0 Å². The molecule has 0 aromatic heterocycles. The predicted octanol–water partition coefficient (Wildman–Crippen LogP) is 1.46. The quantitative estimate of drug-likeness (QED) is 0.559. The van der Waals surface area contributed by atoms with Gasteiger partial charge in [-0.3, -0.25) is 4.79 Å². The summed E-state index contributed by atoms with van der Waals surface area (Å²) in [5.74, 6) is -1.22. The number of carbonyl (C=O) groups is 2. The lowest BCUT2D eigenvalue weighted by Crippen LogP contribution is -2.43. The molecule has 0 saturated heterocycles. The molecular formula is C16H20N2O4. The second-order valence-corrected chi connectivity index (χ2v) is 4.80. The smallest absolute Gasteiger partial charge is 0.328 e. The van der Waals surface area contributed by atoms with Crippen molar-refractivity contribution in [3.05, 3.63) is 35.9 Å². The highest BCUT2D eigenvalue weighted by atomic mass is 16.5. The largest absolute Gasteiger partial charge is 0.467 e. The highest BCUT2D eigenvalue weighted by Gasteiger charge is 2.25. The van der Waals surface area contributed by atoms with Crippen LogP contribution >= 0.6 is 0 Å². The summed E-state index contributed by atoms with van der Waals surface area (Å²) in [7, 11) is 1.24. The first-order chi connectivity index (χ1) is 10.6. The molecule has 118 valence electrons. The van der Waals surface area contributed by atoms with Crippen molar-refractivity contribution in [2.75, 3.05) is 7.11 Å². The summed E-state index contributed by atoms with van der Waals surface area (Å²) in [5, 5.41) is 21.0. The van der Waals surface area contributed by atoms with Gasteiger partial charge < -0.3 is 15.2 Å². The van der Waals surface area contributed by atoms with Gasteiger partial charge in [-0.2, -0.15) is 5.26 Å². The number of aliphatic hydroxyl groups excluding tert-OH is 1. The Bertz CT molecular complexity index is 525. The van der Waals surface area contributed by atoms with Crippen molar-refractivity contribution in [3.8, 4) is 6.07 Å². The maximum Gasteiger partial charge on any atom is 0.328 e. The topological polar surface area (TPSA) is 99.4 Å². The van der Waals surface area contributed by atoms with E-state index in [4.69, 9.17) is 5.26 Å². The predicted molar refractivity (Wildman–Crippen MR) is 79.4 cm³/mol. The summed E-state index contributed by atoms with van der Waals surface area (Å²) in [5.41, 5.74) is 0.452. The zero-order chi connectivity index (χ0) is 16.4. The minimum Gasteiger partial charge on any atom is -0.467 e. The van der Waals surface area contributed by atoms with Crippen LogP contribution in [0.3, 0.4) is 0 Å². The summed E-state index contributed by atoms with van der Waals surface area (Å²) < 4.78 is 4.66. The number of unbranched alkanes of at least 4 members (excludes halogenated alkanes) is 2. The number of nitrogens with one attached hydrogen (secondary N) is 1. The monoisotopic (exact) mass is 304 g/mol. The van der Waals surface area contributed by atoms with E-state index in [1.807, 2.05) is 6.07 Å². The third kappa shape index (κ3) is 5.54. The van der Waals surface area contributed by atoms with Crippen LogP contribution in [0.2, 0.25) is 0 Å². The zero-order valence-corrected chi connectivity index (χ0v) is 12.5. The molecule has 0 heterocycles. The van der Waals surface area contributed by atoms with E-state index in [0.717, 1.165) is 0 Å². The van der Waals surface area contributed by atoms with Crippen LogP contribution in [0.25, 0.3) is 0 Å². The van der Waals surface area contributed by atoms with Crippen molar-refractivity contribution in [3.63, 3.8) is 0 Å². The summed E-state index contributed by atoms with van der Waals surface area (Å²) in [6.45, 7) is 0.